The van der Waals surface area contributed by atoms with Gasteiger partial charge in [-0.15, -0.1) is 0 Å². The first kappa shape index (κ1) is 25.8. The van der Waals surface area contributed by atoms with Gasteiger partial charge in [0.2, 0.25) is 4.33 Å². The maximum Gasteiger partial charge on any atom is 0.493 e. The fraction of sp³-hybridized carbons (Fsp3) is 0.316. The van der Waals surface area contributed by atoms with Gasteiger partial charge in [-0.05, 0) is 17.2 Å². The second-order valence-corrected chi connectivity index (χ2v) is 7.90. The smallest absolute Gasteiger partial charge is 0.388 e. The lowest BCUT2D eigenvalue weighted by atomic mass is 9.91. The third kappa shape index (κ3) is 6.06. The number of nitrogens with two attached hydrogens (primary N) is 1. The Morgan fingerprint density at radius 1 is 1.12 bits per heavy atom. The standard InChI is InChI=1S/C19H17Cl2F4N3O4/c20-18(21,16(30)28-32-17(31)19(23,24)25)14(7-22)15(29)11-3-1-10(2-4-11)12-5-6-13(8-26)27-9-12/h1-6,9,14-15,29H,7-8,26H2,(H,28,30)/t14-,15+/m1/s1. The zero-order valence-electron chi connectivity index (χ0n) is 16.1. The van der Waals surface area contributed by atoms with Gasteiger partial charge in [-0.3, -0.25) is 14.2 Å². The molecular formula is C19H17Cl2F4N3O4. The zero-order chi connectivity index (χ0) is 24.1. The maximum absolute atomic E-state index is 13.6. The molecule has 0 aliphatic rings. The summed E-state index contributed by atoms with van der Waals surface area (Å²) < 4.78 is 47.3. The molecule has 0 saturated heterocycles. The molecule has 1 heterocycles. The van der Waals surface area contributed by atoms with Crippen molar-refractivity contribution in [1.29, 1.82) is 0 Å². The van der Waals surface area contributed by atoms with Crippen molar-refractivity contribution < 1.29 is 37.1 Å². The second kappa shape index (κ2) is 10.4. The Morgan fingerprint density at radius 2 is 1.72 bits per heavy atom. The van der Waals surface area contributed by atoms with Crippen LogP contribution in [0.5, 0.6) is 0 Å². The van der Waals surface area contributed by atoms with E-state index in [2.05, 4.69) is 9.82 Å². The molecule has 174 valence electrons. The number of nitrogens with one attached hydrogen (secondary N) is 1. The molecule has 0 spiro atoms. The number of halogens is 6. The topological polar surface area (TPSA) is 115 Å². The minimum atomic E-state index is -5.39. The van der Waals surface area contributed by atoms with E-state index in [1.54, 1.807) is 30.5 Å². The first-order chi connectivity index (χ1) is 14.9. The average Bonchev–Trinajstić information content (AvgIpc) is 2.76. The van der Waals surface area contributed by atoms with Crippen LogP contribution >= 0.6 is 23.2 Å². The number of hydrogen-bond donors (Lipinski definition) is 3. The lowest BCUT2D eigenvalue weighted by Crippen LogP contribution is -2.48. The van der Waals surface area contributed by atoms with Crippen molar-refractivity contribution in [3.63, 3.8) is 0 Å². The first-order valence-corrected chi connectivity index (χ1v) is 9.63. The van der Waals surface area contributed by atoms with Crippen molar-refractivity contribution in [2.45, 2.75) is 23.2 Å². The van der Waals surface area contributed by atoms with Crippen LogP contribution in [-0.2, 0) is 21.0 Å². The molecule has 2 atom stereocenters. The number of pyridine rings is 1. The number of benzene rings is 1. The van der Waals surface area contributed by atoms with E-state index in [0.29, 0.717) is 11.3 Å². The van der Waals surface area contributed by atoms with Gasteiger partial charge in [0.1, 0.15) is 0 Å². The largest absolute Gasteiger partial charge is 0.493 e. The van der Waals surface area contributed by atoms with E-state index in [9.17, 15) is 32.3 Å². The van der Waals surface area contributed by atoms with Gasteiger partial charge in [-0.25, -0.2) is 4.79 Å². The molecule has 4 N–H and O–H groups in total. The van der Waals surface area contributed by atoms with E-state index >= 15 is 0 Å². The van der Waals surface area contributed by atoms with Crippen molar-refractivity contribution in [3.05, 3.63) is 53.9 Å². The molecule has 2 aromatic rings. The van der Waals surface area contributed by atoms with Crippen LogP contribution in [0.4, 0.5) is 17.6 Å². The third-order valence-electron chi connectivity index (χ3n) is 4.40. The highest BCUT2D eigenvalue weighted by Gasteiger charge is 2.48. The summed E-state index contributed by atoms with van der Waals surface area (Å²) in [7, 11) is 0. The van der Waals surface area contributed by atoms with Crippen LogP contribution in [0.3, 0.4) is 0 Å². The fourth-order valence-corrected chi connectivity index (χ4v) is 3.02. The molecule has 0 aliphatic carbocycles. The predicted octanol–water partition coefficient (Wildman–Crippen LogP) is 3.14. The minimum Gasteiger partial charge on any atom is -0.388 e. The number of alkyl halides is 6. The maximum atomic E-state index is 13.6. The van der Waals surface area contributed by atoms with Crippen LogP contribution < -0.4 is 11.2 Å². The van der Waals surface area contributed by atoms with E-state index in [0.717, 1.165) is 11.0 Å². The Bertz CT molecular complexity index is 941. The molecule has 7 nitrogen and oxygen atoms in total. The van der Waals surface area contributed by atoms with Crippen LogP contribution in [0.1, 0.15) is 17.4 Å². The van der Waals surface area contributed by atoms with Crippen molar-refractivity contribution in [1.82, 2.24) is 10.5 Å². The van der Waals surface area contributed by atoms with Crippen LogP contribution in [0.2, 0.25) is 0 Å². The Morgan fingerprint density at radius 3 is 2.19 bits per heavy atom. The van der Waals surface area contributed by atoms with E-state index < -0.39 is 41.1 Å². The summed E-state index contributed by atoms with van der Waals surface area (Å²) >= 11 is 11.6. The lowest BCUT2D eigenvalue weighted by molar-refractivity contribution is -0.207. The molecule has 0 radical (unpaired) electrons. The van der Waals surface area contributed by atoms with Crippen molar-refractivity contribution >= 4 is 35.1 Å². The van der Waals surface area contributed by atoms with Crippen molar-refractivity contribution in [2.24, 2.45) is 11.7 Å². The Hall–Kier alpha value is -2.47. The highest BCUT2D eigenvalue weighted by atomic mass is 35.5. The molecule has 0 saturated carbocycles. The number of hydroxylamine groups is 1. The Labute approximate surface area is 189 Å². The molecule has 1 aromatic carbocycles. The third-order valence-corrected chi connectivity index (χ3v) is 5.31. The van der Waals surface area contributed by atoms with E-state index in [-0.39, 0.29) is 12.1 Å². The summed E-state index contributed by atoms with van der Waals surface area (Å²) in [5.41, 5.74) is 8.87. The predicted molar refractivity (Wildman–Crippen MR) is 107 cm³/mol. The van der Waals surface area contributed by atoms with Gasteiger partial charge >= 0.3 is 12.1 Å². The molecular weight excluding hydrogens is 481 g/mol. The lowest BCUT2D eigenvalue weighted by Gasteiger charge is -2.30. The van der Waals surface area contributed by atoms with Crippen molar-refractivity contribution in [2.75, 3.05) is 6.67 Å². The van der Waals surface area contributed by atoms with Crippen LogP contribution in [-0.4, -0.2) is 39.2 Å². The Balaban J connectivity index is 2.15. The zero-order valence-corrected chi connectivity index (χ0v) is 17.6. The van der Waals surface area contributed by atoms with E-state index in [1.165, 1.54) is 12.1 Å². The summed E-state index contributed by atoms with van der Waals surface area (Å²) in [6.07, 6.45) is -5.53. The number of hydrogen-bond acceptors (Lipinski definition) is 6. The number of aliphatic hydroxyl groups excluding tert-OH is 1. The summed E-state index contributed by atoms with van der Waals surface area (Å²) in [6.45, 7) is -1.15. The SMILES string of the molecule is NCc1ccc(-c2ccc([C@H](O)[C@@H](CF)C(Cl)(Cl)C(=O)NOC(=O)C(F)(F)F)cc2)cn1. The van der Waals surface area contributed by atoms with Gasteiger partial charge in [0, 0.05) is 18.3 Å². The molecule has 32 heavy (non-hydrogen) atoms. The summed E-state index contributed by atoms with van der Waals surface area (Å²) in [6, 6.07) is 9.53. The number of aliphatic hydroxyl groups is 1. The molecule has 1 amide bonds. The van der Waals surface area contributed by atoms with Crippen LogP contribution in [0, 0.1) is 5.92 Å². The number of nitrogens with zero attached hydrogens (tertiary/aromatic N) is 1. The molecule has 1 aromatic heterocycles. The molecule has 0 bridgehead atoms. The van der Waals surface area contributed by atoms with Gasteiger partial charge in [0.25, 0.3) is 5.91 Å². The van der Waals surface area contributed by atoms with Gasteiger partial charge in [0.15, 0.2) is 0 Å². The number of carbonyl (C=O) groups is 2. The van der Waals surface area contributed by atoms with E-state index in [4.69, 9.17) is 28.9 Å². The fourth-order valence-electron chi connectivity index (χ4n) is 2.59. The van der Waals surface area contributed by atoms with Crippen molar-refractivity contribution in [3.8, 4) is 11.1 Å². The number of rotatable bonds is 7. The Kier molecular flexibility index (Phi) is 8.41. The summed E-state index contributed by atoms with van der Waals surface area (Å²) in [5, 5.41) is 10.5. The molecule has 0 fully saturated rings. The molecule has 13 heteroatoms. The van der Waals surface area contributed by atoms with Gasteiger partial charge in [0.05, 0.1) is 24.4 Å². The highest BCUT2D eigenvalue weighted by molar-refractivity contribution is 6.58. The molecule has 2 rings (SSSR count). The first-order valence-electron chi connectivity index (χ1n) is 8.87. The van der Waals surface area contributed by atoms with E-state index in [1.807, 2.05) is 0 Å². The van der Waals surface area contributed by atoms with Crippen LogP contribution in [0.25, 0.3) is 11.1 Å². The van der Waals surface area contributed by atoms with Gasteiger partial charge in [-0.2, -0.15) is 18.7 Å². The highest BCUT2D eigenvalue weighted by Crippen LogP contribution is 2.40. The van der Waals surface area contributed by atoms with Gasteiger partial charge in [-0.1, -0.05) is 53.5 Å². The molecule has 0 aliphatic heterocycles. The second-order valence-electron chi connectivity index (χ2n) is 6.51. The quantitative estimate of drug-likeness (QED) is 0.307. The van der Waals surface area contributed by atoms with Crippen LogP contribution in [0.15, 0.2) is 42.6 Å². The molecule has 0 unspecified atom stereocenters. The number of amides is 1. The summed E-state index contributed by atoms with van der Waals surface area (Å²) in [4.78, 5) is 30.4. The number of carbonyl (C=O) groups excluding carboxylic acids is 2. The van der Waals surface area contributed by atoms with Gasteiger partial charge < -0.3 is 15.7 Å². The normalized spacial score (nSPS) is 13.9. The minimum absolute atomic E-state index is 0.119. The number of aromatic nitrogens is 1. The monoisotopic (exact) mass is 497 g/mol. The average molecular weight is 498 g/mol. The summed E-state index contributed by atoms with van der Waals surface area (Å²) in [5.74, 6) is -6.22.